The molecule has 1 heterocycles. The number of piperidine rings is 1. The molecule has 0 spiro atoms. The van der Waals surface area contributed by atoms with Crippen molar-refractivity contribution in [2.75, 3.05) is 13.1 Å². The molecule has 0 aromatic heterocycles. The minimum Gasteiger partial charge on any atom is -0.346 e. The van der Waals surface area contributed by atoms with E-state index in [1.807, 2.05) is 0 Å². The zero-order valence-corrected chi connectivity index (χ0v) is 9.16. The molecule has 0 aromatic rings. The molecule has 1 aliphatic rings. The standard InChI is InChI=1S/C9H12F6N2O/c10-8(11,12)4-17-7(18)6-2-1-5(3-16-6)9(13,14)15/h5-6,16H,1-4H2,(H,17,18). The molecule has 0 radical (unpaired) electrons. The van der Waals surface area contributed by atoms with Crippen LogP contribution in [0.3, 0.4) is 0 Å². The molecule has 1 saturated heterocycles. The van der Waals surface area contributed by atoms with Gasteiger partial charge in [-0.05, 0) is 12.8 Å². The Morgan fingerprint density at radius 1 is 1.17 bits per heavy atom. The average Bonchev–Trinajstić information content (AvgIpc) is 2.24. The van der Waals surface area contributed by atoms with Gasteiger partial charge in [-0.2, -0.15) is 26.3 Å². The fourth-order valence-electron chi connectivity index (χ4n) is 1.67. The lowest BCUT2D eigenvalue weighted by atomic mass is 9.94. The third-order valence-electron chi connectivity index (χ3n) is 2.66. The van der Waals surface area contributed by atoms with Gasteiger partial charge in [-0.3, -0.25) is 4.79 Å². The lowest BCUT2D eigenvalue weighted by molar-refractivity contribution is -0.180. The highest BCUT2D eigenvalue weighted by atomic mass is 19.4. The molecule has 9 heteroatoms. The van der Waals surface area contributed by atoms with Gasteiger partial charge in [0.1, 0.15) is 6.54 Å². The number of rotatable bonds is 2. The first-order valence-corrected chi connectivity index (χ1v) is 5.24. The van der Waals surface area contributed by atoms with Gasteiger partial charge < -0.3 is 10.6 Å². The van der Waals surface area contributed by atoms with E-state index in [2.05, 4.69) is 5.32 Å². The van der Waals surface area contributed by atoms with Crippen LogP contribution in [0, 0.1) is 5.92 Å². The largest absolute Gasteiger partial charge is 0.405 e. The summed E-state index contributed by atoms with van der Waals surface area (Å²) in [5.74, 6) is -2.47. The van der Waals surface area contributed by atoms with E-state index in [9.17, 15) is 31.1 Å². The van der Waals surface area contributed by atoms with Crippen LogP contribution >= 0.6 is 0 Å². The molecule has 1 fully saturated rings. The number of carbonyl (C=O) groups excluding carboxylic acids is 1. The van der Waals surface area contributed by atoms with Crippen LogP contribution in [0.2, 0.25) is 0 Å². The minimum absolute atomic E-state index is 0.131. The maximum atomic E-state index is 12.3. The fraction of sp³-hybridized carbons (Fsp3) is 0.889. The van der Waals surface area contributed by atoms with Gasteiger partial charge in [-0.25, -0.2) is 0 Å². The molecule has 0 bridgehead atoms. The van der Waals surface area contributed by atoms with Gasteiger partial charge in [0.25, 0.3) is 0 Å². The summed E-state index contributed by atoms with van der Waals surface area (Å²) in [7, 11) is 0. The van der Waals surface area contributed by atoms with Gasteiger partial charge in [0.05, 0.1) is 12.0 Å². The Morgan fingerprint density at radius 3 is 2.17 bits per heavy atom. The third-order valence-corrected chi connectivity index (χ3v) is 2.66. The normalized spacial score (nSPS) is 25.9. The highest BCUT2D eigenvalue weighted by Gasteiger charge is 2.42. The number of halogens is 6. The molecule has 1 amide bonds. The molecule has 18 heavy (non-hydrogen) atoms. The van der Waals surface area contributed by atoms with Gasteiger partial charge in [0, 0.05) is 6.54 Å². The van der Waals surface area contributed by atoms with E-state index < -0.39 is 43.3 Å². The molecule has 2 N–H and O–H groups in total. The first-order valence-electron chi connectivity index (χ1n) is 5.24. The van der Waals surface area contributed by atoms with E-state index in [-0.39, 0.29) is 12.8 Å². The maximum Gasteiger partial charge on any atom is 0.405 e. The summed E-state index contributed by atoms with van der Waals surface area (Å²) >= 11 is 0. The molecule has 0 saturated carbocycles. The predicted octanol–water partition coefficient (Wildman–Crippen LogP) is 1.60. The Kier molecular flexibility index (Phi) is 4.46. The topological polar surface area (TPSA) is 41.1 Å². The third kappa shape index (κ3) is 4.71. The lowest BCUT2D eigenvalue weighted by Gasteiger charge is -2.30. The van der Waals surface area contributed by atoms with Crippen molar-refractivity contribution >= 4 is 5.91 Å². The highest BCUT2D eigenvalue weighted by Crippen LogP contribution is 2.31. The van der Waals surface area contributed by atoms with Gasteiger partial charge >= 0.3 is 12.4 Å². The monoisotopic (exact) mass is 278 g/mol. The van der Waals surface area contributed by atoms with Crippen molar-refractivity contribution < 1.29 is 31.1 Å². The Morgan fingerprint density at radius 2 is 1.78 bits per heavy atom. The van der Waals surface area contributed by atoms with Crippen LogP contribution in [0.1, 0.15) is 12.8 Å². The maximum absolute atomic E-state index is 12.3. The van der Waals surface area contributed by atoms with Crippen molar-refractivity contribution in [1.29, 1.82) is 0 Å². The van der Waals surface area contributed by atoms with Crippen LogP contribution in [0.15, 0.2) is 0 Å². The first-order chi connectivity index (χ1) is 8.09. The Labute approximate surface area is 98.9 Å². The van der Waals surface area contributed by atoms with Gasteiger partial charge in [-0.15, -0.1) is 0 Å². The summed E-state index contributed by atoms with van der Waals surface area (Å²) in [5.41, 5.74) is 0. The number of hydrogen-bond donors (Lipinski definition) is 2. The molecule has 0 aromatic carbocycles. The molecule has 2 atom stereocenters. The Hall–Kier alpha value is -0.990. The number of hydrogen-bond acceptors (Lipinski definition) is 2. The second-order valence-corrected chi connectivity index (χ2v) is 4.11. The summed E-state index contributed by atoms with van der Waals surface area (Å²) < 4.78 is 72.3. The van der Waals surface area contributed by atoms with E-state index in [1.165, 1.54) is 0 Å². The van der Waals surface area contributed by atoms with E-state index >= 15 is 0 Å². The smallest absolute Gasteiger partial charge is 0.346 e. The molecular formula is C9H12F6N2O. The molecular weight excluding hydrogens is 266 g/mol. The SMILES string of the molecule is O=C(NCC(F)(F)F)C1CCC(C(F)(F)F)CN1. The van der Waals surface area contributed by atoms with Crippen LogP contribution < -0.4 is 10.6 Å². The zero-order chi connectivity index (χ0) is 14.0. The summed E-state index contributed by atoms with van der Waals surface area (Å²) in [5, 5.41) is 3.95. The van der Waals surface area contributed by atoms with Gasteiger partial charge in [-0.1, -0.05) is 0 Å². The average molecular weight is 278 g/mol. The van der Waals surface area contributed by atoms with Gasteiger partial charge in [0.2, 0.25) is 5.91 Å². The lowest BCUT2D eigenvalue weighted by Crippen LogP contribution is -2.52. The second-order valence-electron chi connectivity index (χ2n) is 4.11. The fourth-order valence-corrected chi connectivity index (χ4v) is 1.67. The quantitative estimate of drug-likeness (QED) is 0.753. The zero-order valence-electron chi connectivity index (χ0n) is 9.16. The van der Waals surface area contributed by atoms with Crippen LogP contribution in [0.25, 0.3) is 0 Å². The van der Waals surface area contributed by atoms with Crippen LogP contribution in [0.4, 0.5) is 26.3 Å². The first kappa shape index (κ1) is 15.1. The van der Waals surface area contributed by atoms with Crippen LogP contribution in [0.5, 0.6) is 0 Å². The summed E-state index contributed by atoms with van der Waals surface area (Å²) in [6.45, 7) is -1.93. The van der Waals surface area contributed by atoms with Crippen LogP contribution in [-0.2, 0) is 4.79 Å². The Bertz CT molecular complexity index is 292. The van der Waals surface area contributed by atoms with Crippen molar-refractivity contribution in [2.24, 2.45) is 5.92 Å². The van der Waals surface area contributed by atoms with Crippen molar-refractivity contribution in [3.8, 4) is 0 Å². The summed E-state index contributed by atoms with van der Waals surface area (Å²) in [4.78, 5) is 11.2. The van der Waals surface area contributed by atoms with E-state index in [0.717, 1.165) is 0 Å². The molecule has 3 nitrogen and oxygen atoms in total. The number of nitrogens with one attached hydrogen (secondary N) is 2. The number of alkyl halides is 6. The summed E-state index contributed by atoms with van der Waals surface area (Å²) in [6.07, 6.45) is -9.27. The van der Waals surface area contributed by atoms with Crippen molar-refractivity contribution in [1.82, 2.24) is 10.6 Å². The predicted molar refractivity (Wildman–Crippen MR) is 49.6 cm³/mol. The molecule has 1 rings (SSSR count). The van der Waals surface area contributed by atoms with E-state index in [4.69, 9.17) is 0 Å². The second kappa shape index (κ2) is 5.33. The molecule has 1 aliphatic heterocycles. The van der Waals surface area contributed by atoms with E-state index in [0.29, 0.717) is 0 Å². The van der Waals surface area contributed by atoms with Crippen molar-refractivity contribution in [2.45, 2.75) is 31.2 Å². The Balaban J connectivity index is 2.37. The van der Waals surface area contributed by atoms with Crippen molar-refractivity contribution in [3.05, 3.63) is 0 Å². The number of amides is 1. The molecule has 2 unspecified atom stereocenters. The van der Waals surface area contributed by atoms with Crippen LogP contribution in [-0.4, -0.2) is 37.4 Å². The molecule has 0 aliphatic carbocycles. The highest BCUT2D eigenvalue weighted by molar-refractivity contribution is 5.81. The number of carbonyl (C=O) groups is 1. The van der Waals surface area contributed by atoms with Gasteiger partial charge in [0.15, 0.2) is 0 Å². The summed E-state index contributed by atoms with van der Waals surface area (Å²) in [6, 6.07) is -0.994. The van der Waals surface area contributed by atoms with E-state index in [1.54, 1.807) is 5.32 Å². The van der Waals surface area contributed by atoms with Crippen molar-refractivity contribution in [3.63, 3.8) is 0 Å². The minimum atomic E-state index is -4.53. The molecule has 106 valence electrons.